The summed E-state index contributed by atoms with van der Waals surface area (Å²) in [6, 6.07) is 0.0662. The number of hydrogen-bond donors (Lipinski definition) is 1. The van der Waals surface area contributed by atoms with Crippen LogP contribution in [0.3, 0.4) is 0 Å². The first-order valence-electron chi connectivity index (χ1n) is 3.88. The van der Waals surface area contributed by atoms with Crippen LogP contribution < -0.4 is 5.73 Å². The number of aromatic nitrogens is 1. The lowest BCUT2D eigenvalue weighted by atomic mass is 10.2. The highest BCUT2D eigenvalue weighted by atomic mass is 32.1. The number of rotatable bonds is 4. The van der Waals surface area contributed by atoms with E-state index < -0.39 is 0 Å². The number of ether oxygens (including phenoxy) is 1. The molecule has 0 aromatic carbocycles. The molecule has 1 unspecified atom stereocenters. The van der Waals surface area contributed by atoms with Gasteiger partial charge in [0, 0.05) is 25.0 Å². The van der Waals surface area contributed by atoms with E-state index in [4.69, 9.17) is 10.5 Å². The maximum atomic E-state index is 5.77. The van der Waals surface area contributed by atoms with E-state index in [9.17, 15) is 0 Å². The van der Waals surface area contributed by atoms with E-state index in [2.05, 4.69) is 4.98 Å². The smallest absolute Gasteiger partial charge is 0.0897 e. The molecule has 0 spiro atoms. The normalized spacial score (nSPS) is 13.2. The van der Waals surface area contributed by atoms with E-state index in [0.29, 0.717) is 6.61 Å². The fraction of sp³-hybridized carbons (Fsp3) is 0.625. The van der Waals surface area contributed by atoms with Crippen molar-refractivity contribution in [2.45, 2.75) is 19.4 Å². The minimum absolute atomic E-state index is 0.0662. The van der Waals surface area contributed by atoms with Gasteiger partial charge in [0.2, 0.25) is 0 Å². The van der Waals surface area contributed by atoms with Gasteiger partial charge >= 0.3 is 0 Å². The van der Waals surface area contributed by atoms with E-state index in [0.717, 1.165) is 17.1 Å². The highest BCUT2D eigenvalue weighted by Gasteiger charge is 2.05. The summed E-state index contributed by atoms with van der Waals surface area (Å²) < 4.78 is 4.93. The van der Waals surface area contributed by atoms with Crippen LogP contribution in [0.15, 0.2) is 5.38 Å². The second-order valence-electron chi connectivity index (χ2n) is 2.78. The molecule has 0 fully saturated rings. The number of hydrogen-bond acceptors (Lipinski definition) is 4. The lowest BCUT2D eigenvalue weighted by Crippen LogP contribution is -2.28. The van der Waals surface area contributed by atoms with Crippen LogP contribution in [0, 0.1) is 6.92 Å². The quantitative estimate of drug-likeness (QED) is 0.762. The van der Waals surface area contributed by atoms with Gasteiger partial charge in [-0.05, 0) is 6.92 Å². The van der Waals surface area contributed by atoms with Crippen molar-refractivity contribution < 1.29 is 4.74 Å². The molecule has 3 nitrogen and oxygen atoms in total. The Bertz CT molecular complexity index is 237. The van der Waals surface area contributed by atoms with Gasteiger partial charge in [0.05, 0.1) is 17.3 Å². The molecule has 0 radical (unpaired) electrons. The van der Waals surface area contributed by atoms with Crippen molar-refractivity contribution in [3.8, 4) is 0 Å². The average molecular weight is 186 g/mol. The van der Waals surface area contributed by atoms with Crippen LogP contribution in [0.1, 0.15) is 10.7 Å². The monoisotopic (exact) mass is 186 g/mol. The third kappa shape index (κ3) is 2.89. The minimum Gasteiger partial charge on any atom is -0.383 e. The van der Waals surface area contributed by atoms with E-state index in [1.807, 2.05) is 12.3 Å². The highest BCUT2D eigenvalue weighted by molar-refractivity contribution is 7.09. The third-order valence-electron chi connectivity index (χ3n) is 1.52. The summed E-state index contributed by atoms with van der Waals surface area (Å²) in [4.78, 5) is 4.32. The van der Waals surface area contributed by atoms with Crippen molar-refractivity contribution in [2.75, 3.05) is 13.7 Å². The van der Waals surface area contributed by atoms with Gasteiger partial charge in [-0.15, -0.1) is 11.3 Å². The number of thiazole rings is 1. The Balaban J connectivity index is 2.41. The van der Waals surface area contributed by atoms with Gasteiger partial charge in [-0.25, -0.2) is 4.98 Å². The van der Waals surface area contributed by atoms with Gasteiger partial charge < -0.3 is 10.5 Å². The fourth-order valence-electron chi connectivity index (χ4n) is 1.04. The first-order valence-corrected chi connectivity index (χ1v) is 4.76. The van der Waals surface area contributed by atoms with Crippen LogP contribution in [0.2, 0.25) is 0 Å². The fourth-order valence-corrected chi connectivity index (χ4v) is 1.67. The Morgan fingerprint density at radius 2 is 2.50 bits per heavy atom. The van der Waals surface area contributed by atoms with Crippen molar-refractivity contribution >= 4 is 11.3 Å². The van der Waals surface area contributed by atoms with Gasteiger partial charge in [-0.1, -0.05) is 0 Å². The van der Waals surface area contributed by atoms with Gasteiger partial charge in [-0.2, -0.15) is 0 Å². The van der Waals surface area contributed by atoms with Crippen LogP contribution in [0.25, 0.3) is 0 Å². The Labute approximate surface area is 76.6 Å². The van der Waals surface area contributed by atoms with E-state index in [1.54, 1.807) is 18.4 Å². The molecule has 2 N–H and O–H groups in total. The number of aryl methyl sites for hydroxylation is 1. The van der Waals surface area contributed by atoms with Gasteiger partial charge in [0.25, 0.3) is 0 Å². The molecule has 4 heteroatoms. The predicted molar refractivity (Wildman–Crippen MR) is 50.4 cm³/mol. The molecule has 0 aliphatic heterocycles. The molecule has 1 rings (SSSR count). The number of methoxy groups -OCH3 is 1. The van der Waals surface area contributed by atoms with E-state index in [-0.39, 0.29) is 6.04 Å². The molecule has 0 bridgehead atoms. The molecule has 1 heterocycles. The highest BCUT2D eigenvalue weighted by Crippen LogP contribution is 2.09. The molecule has 12 heavy (non-hydrogen) atoms. The Morgan fingerprint density at radius 3 is 3.00 bits per heavy atom. The molecule has 0 aliphatic rings. The van der Waals surface area contributed by atoms with Gasteiger partial charge in [0.15, 0.2) is 0 Å². The SMILES string of the molecule is COCC(N)Cc1csc(C)n1. The second kappa shape index (κ2) is 4.54. The maximum absolute atomic E-state index is 5.77. The zero-order chi connectivity index (χ0) is 8.97. The zero-order valence-corrected chi connectivity index (χ0v) is 8.23. The van der Waals surface area contributed by atoms with Crippen LogP contribution in [0.5, 0.6) is 0 Å². The Kier molecular flexibility index (Phi) is 3.65. The van der Waals surface area contributed by atoms with Crippen molar-refractivity contribution in [3.63, 3.8) is 0 Å². The summed E-state index contributed by atoms with van der Waals surface area (Å²) in [5.41, 5.74) is 6.84. The van der Waals surface area contributed by atoms with E-state index >= 15 is 0 Å². The molecule has 0 saturated carbocycles. The van der Waals surface area contributed by atoms with Crippen LogP contribution in [-0.4, -0.2) is 24.7 Å². The predicted octanol–water partition coefficient (Wildman–Crippen LogP) is 0.968. The third-order valence-corrected chi connectivity index (χ3v) is 2.34. The lowest BCUT2D eigenvalue weighted by molar-refractivity contribution is 0.179. The Morgan fingerprint density at radius 1 is 1.75 bits per heavy atom. The Hall–Kier alpha value is -0.450. The van der Waals surface area contributed by atoms with Crippen molar-refractivity contribution in [1.82, 2.24) is 4.98 Å². The molecular formula is C8H14N2OS. The maximum Gasteiger partial charge on any atom is 0.0897 e. The minimum atomic E-state index is 0.0662. The molecule has 0 saturated heterocycles. The molecule has 1 atom stereocenters. The first-order chi connectivity index (χ1) is 5.72. The summed E-state index contributed by atoms with van der Waals surface area (Å²) in [6.45, 7) is 2.59. The summed E-state index contributed by atoms with van der Waals surface area (Å²) in [5.74, 6) is 0. The molecular weight excluding hydrogens is 172 g/mol. The van der Waals surface area contributed by atoms with Gasteiger partial charge in [0.1, 0.15) is 0 Å². The summed E-state index contributed by atoms with van der Waals surface area (Å²) in [6.07, 6.45) is 0.804. The van der Waals surface area contributed by atoms with Crippen molar-refractivity contribution in [1.29, 1.82) is 0 Å². The molecule has 0 aliphatic carbocycles. The number of nitrogens with zero attached hydrogens (tertiary/aromatic N) is 1. The second-order valence-corrected chi connectivity index (χ2v) is 3.84. The van der Waals surface area contributed by atoms with Crippen molar-refractivity contribution in [2.24, 2.45) is 5.73 Å². The zero-order valence-electron chi connectivity index (χ0n) is 7.41. The lowest BCUT2D eigenvalue weighted by Gasteiger charge is -2.07. The van der Waals surface area contributed by atoms with Crippen LogP contribution in [0.4, 0.5) is 0 Å². The van der Waals surface area contributed by atoms with Gasteiger partial charge in [-0.3, -0.25) is 0 Å². The van der Waals surface area contributed by atoms with Crippen molar-refractivity contribution in [3.05, 3.63) is 16.1 Å². The summed E-state index contributed by atoms with van der Waals surface area (Å²) in [5, 5.41) is 3.14. The van der Waals surface area contributed by atoms with E-state index in [1.165, 1.54) is 0 Å². The molecule has 68 valence electrons. The first kappa shape index (κ1) is 9.64. The standard InChI is InChI=1S/C8H14N2OS/c1-6-10-8(5-12-6)3-7(9)4-11-2/h5,7H,3-4,9H2,1-2H3. The van der Waals surface area contributed by atoms with Crippen LogP contribution >= 0.6 is 11.3 Å². The number of nitrogens with two attached hydrogens (primary N) is 1. The average Bonchev–Trinajstić information content (AvgIpc) is 2.36. The molecule has 0 amide bonds. The largest absolute Gasteiger partial charge is 0.383 e. The summed E-state index contributed by atoms with van der Waals surface area (Å²) >= 11 is 1.66. The molecule has 1 aromatic heterocycles. The molecule has 1 aromatic rings. The van der Waals surface area contributed by atoms with Crippen LogP contribution in [-0.2, 0) is 11.2 Å². The summed E-state index contributed by atoms with van der Waals surface area (Å²) in [7, 11) is 1.66. The topological polar surface area (TPSA) is 48.1 Å².